The number of sulfonamides is 1. The van der Waals surface area contributed by atoms with Gasteiger partial charge in [0.25, 0.3) is 5.91 Å². The van der Waals surface area contributed by atoms with Gasteiger partial charge in [-0.25, -0.2) is 22.5 Å². The molecule has 0 fully saturated rings. The maximum absolute atomic E-state index is 14.5. The Kier molecular flexibility index (Phi) is 6.15. The fourth-order valence-corrected chi connectivity index (χ4v) is 4.13. The van der Waals surface area contributed by atoms with Crippen LogP contribution >= 0.6 is 0 Å². The first-order valence-electron chi connectivity index (χ1n) is 10.3. The first-order valence-corrected chi connectivity index (χ1v) is 11.9. The van der Waals surface area contributed by atoms with Gasteiger partial charge in [-0.15, -0.1) is 0 Å². The van der Waals surface area contributed by atoms with Crippen molar-refractivity contribution in [2.24, 2.45) is 0 Å². The average molecular weight is 468 g/mol. The van der Waals surface area contributed by atoms with E-state index in [1.807, 2.05) is 35.1 Å². The molecule has 4 aromatic rings. The van der Waals surface area contributed by atoms with Crippen LogP contribution in [0, 0.1) is 5.82 Å². The van der Waals surface area contributed by atoms with E-state index in [9.17, 15) is 17.6 Å². The molecule has 4 rings (SSSR count). The van der Waals surface area contributed by atoms with E-state index in [1.165, 1.54) is 26.2 Å². The number of nitrogens with one attached hydrogen (secondary N) is 2. The van der Waals surface area contributed by atoms with Crippen LogP contribution in [-0.4, -0.2) is 37.2 Å². The minimum Gasteiger partial charge on any atom is -0.494 e. The number of benzene rings is 2. The number of nitrogens with zero attached hydrogens (tertiary/aromatic N) is 1. The third-order valence-electron chi connectivity index (χ3n) is 5.27. The Morgan fingerprint density at radius 2 is 1.88 bits per heavy atom. The minimum absolute atomic E-state index is 0.0153. The second-order valence-corrected chi connectivity index (χ2v) is 9.41. The Labute approximate surface area is 190 Å². The van der Waals surface area contributed by atoms with E-state index in [1.54, 1.807) is 18.2 Å². The first-order chi connectivity index (χ1) is 15.8. The fourth-order valence-electron chi connectivity index (χ4n) is 3.59. The molecule has 2 N–H and O–H groups in total. The zero-order valence-corrected chi connectivity index (χ0v) is 18.9. The second-order valence-electron chi connectivity index (χ2n) is 7.40. The van der Waals surface area contributed by atoms with Crippen LogP contribution in [0.15, 0.2) is 60.7 Å². The van der Waals surface area contributed by atoms with Crippen LogP contribution in [0.5, 0.6) is 5.75 Å². The highest BCUT2D eigenvalue weighted by Crippen LogP contribution is 2.35. The van der Waals surface area contributed by atoms with Gasteiger partial charge >= 0.3 is 0 Å². The summed E-state index contributed by atoms with van der Waals surface area (Å²) in [6, 6.07) is 17.4. The van der Waals surface area contributed by atoms with E-state index in [-0.39, 0.29) is 23.6 Å². The summed E-state index contributed by atoms with van der Waals surface area (Å²) in [7, 11) is -2.30. The van der Waals surface area contributed by atoms with Crippen molar-refractivity contribution in [3.8, 4) is 17.0 Å². The quantitative estimate of drug-likeness (QED) is 0.427. The lowest BCUT2D eigenvalue weighted by Crippen LogP contribution is -2.32. The largest absolute Gasteiger partial charge is 0.494 e. The van der Waals surface area contributed by atoms with Gasteiger partial charge in [-0.05, 0) is 36.2 Å². The number of pyridine rings is 1. The lowest BCUT2D eigenvalue weighted by Gasteiger charge is -2.08. The molecule has 0 saturated carbocycles. The number of carbonyl (C=O) groups excluding carboxylic acids is 1. The van der Waals surface area contributed by atoms with Crippen molar-refractivity contribution in [2.75, 3.05) is 12.9 Å². The number of fused-ring (bicyclic) bond motifs is 1. The first kappa shape index (κ1) is 22.5. The molecule has 0 spiro atoms. The molecule has 2 heterocycles. The zero-order valence-electron chi connectivity index (χ0n) is 18.1. The number of rotatable bonds is 7. The summed E-state index contributed by atoms with van der Waals surface area (Å²) >= 11 is 0. The lowest BCUT2D eigenvalue weighted by molar-refractivity contribution is 0.0976. The summed E-state index contributed by atoms with van der Waals surface area (Å²) in [5, 5.41) is 0.664. The van der Waals surface area contributed by atoms with Crippen LogP contribution in [0.1, 0.15) is 28.7 Å². The molecule has 2 aromatic heterocycles. The van der Waals surface area contributed by atoms with Crippen LogP contribution in [0.2, 0.25) is 0 Å². The lowest BCUT2D eigenvalue weighted by atomic mass is 10.0. The molecule has 0 unspecified atom stereocenters. The Morgan fingerprint density at radius 3 is 2.58 bits per heavy atom. The number of aromatic nitrogens is 2. The highest BCUT2D eigenvalue weighted by atomic mass is 32.2. The van der Waals surface area contributed by atoms with Crippen LogP contribution in [0.3, 0.4) is 0 Å². The predicted molar refractivity (Wildman–Crippen MR) is 124 cm³/mol. The topological polar surface area (TPSA) is 101 Å². The van der Waals surface area contributed by atoms with E-state index >= 15 is 0 Å². The molecule has 0 aliphatic carbocycles. The van der Waals surface area contributed by atoms with E-state index in [0.717, 1.165) is 16.8 Å². The summed E-state index contributed by atoms with van der Waals surface area (Å²) in [5.41, 5.74) is 3.72. The van der Waals surface area contributed by atoms with Crippen LogP contribution < -0.4 is 9.46 Å². The van der Waals surface area contributed by atoms with Crippen LogP contribution in [-0.2, 0) is 16.4 Å². The summed E-state index contributed by atoms with van der Waals surface area (Å²) in [5.74, 6) is -1.38. The van der Waals surface area contributed by atoms with Gasteiger partial charge in [0, 0.05) is 23.6 Å². The fraction of sp³-hybridized carbons (Fsp3) is 0.167. The molecule has 170 valence electrons. The van der Waals surface area contributed by atoms with E-state index in [0.29, 0.717) is 16.6 Å². The Bertz CT molecular complexity index is 1430. The van der Waals surface area contributed by atoms with Crippen molar-refractivity contribution >= 4 is 26.8 Å². The van der Waals surface area contributed by atoms with Gasteiger partial charge in [-0.1, -0.05) is 36.4 Å². The maximum Gasteiger partial charge on any atom is 0.283 e. The van der Waals surface area contributed by atoms with Gasteiger partial charge in [0.05, 0.1) is 24.1 Å². The highest BCUT2D eigenvalue weighted by Gasteiger charge is 2.19. The molecule has 1 amide bonds. The van der Waals surface area contributed by atoms with Crippen molar-refractivity contribution in [1.82, 2.24) is 14.7 Å². The molecule has 0 bridgehead atoms. The SMILES string of the molecule is CCS(=O)(=O)NC(=O)c1cccc(Cc2c(-c3ccccc3)[nH]c3cc(OC)c(F)cc23)n1. The van der Waals surface area contributed by atoms with Gasteiger partial charge < -0.3 is 9.72 Å². The molecule has 9 heteroatoms. The number of H-pyrrole nitrogens is 1. The summed E-state index contributed by atoms with van der Waals surface area (Å²) < 4.78 is 45.2. The molecular weight excluding hydrogens is 445 g/mol. The number of aromatic amines is 1. The molecule has 0 atom stereocenters. The third kappa shape index (κ3) is 4.73. The second kappa shape index (κ2) is 9.03. The molecule has 33 heavy (non-hydrogen) atoms. The molecule has 0 saturated heterocycles. The van der Waals surface area contributed by atoms with Crippen molar-refractivity contribution in [1.29, 1.82) is 0 Å². The van der Waals surface area contributed by atoms with Crippen molar-refractivity contribution in [3.05, 3.63) is 83.4 Å². The van der Waals surface area contributed by atoms with Gasteiger partial charge in [0.15, 0.2) is 11.6 Å². The number of ether oxygens (including phenoxy) is 1. The Hall–Kier alpha value is -3.72. The molecular formula is C24H22FN3O4S. The summed E-state index contributed by atoms with van der Waals surface area (Å²) in [6.07, 6.45) is 0.289. The normalized spacial score (nSPS) is 11.5. The number of halogens is 1. The number of amides is 1. The third-order valence-corrected chi connectivity index (χ3v) is 6.52. The molecule has 2 aromatic carbocycles. The predicted octanol–water partition coefficient (Wildman–Crippen LogP) is 4.05. The van der Waals surface area contributed by atoms with Crippen LogP contribution in [0.25, 0.3) is 22.2 Å². The summed E-state index contributed by atoms with van der Waals surface area (Å²) in [4.78, 5) is 20.1. The molecule has 7 nitrogen and oxygen atoms in total. The van der Waals surface area contributed by atoms with Crippen molar-refractivity contribution in [2.45, 2.75) is 13.3 Å². The van der Waals surface area contributed by atoms with Crippen LogP contribution in [0.4, 0.5) is 4.39 Å². The number of hydrogen-bond acceptors (Lipinski definition) is 5. The number of hydrogen-bond donors (Lipinski definition) is 2. The van der Waals surface area contributed by atoms with E-state index in [4.69, 9.17) is 4.74 Å². The zero-order chi connectivity index (χ0) is 23.6. The number of carbonyl (C=O) groups is 1. The minimum atomic E-state index is -3.71. The summed E-state index contributed by atoms with van der Waals surface area (Å²) in [6.45, 7) is 1.44. The molecule has 0 aliphatic heterocycles. The van der Waals surface area contributed by atoms with Gasteiger partial charge in [-0.3, -0.25) is 4.79 Å². The highest BCUT2D eigenvalue weighted by molar-refractivity contribution is 7.90. The van der Waals surface area contributed by atoms with Crippen molar-refractivity contribution in [3.63, 3.8) is 0 Å². The van der Waals surface area contributed by atoms with Gasteiger partial charge in [-0.2, -0.15) is 0 Å². The smallest absolute Gasteiger partial charge is 0.283 e. The Balaban J connectivity index is 1.78. The standard InChI is InChI=1S/C24H22FN3O4S/c1-3-33(30,31)28-24(29)20-11-7-10-16(26-20)12-18-17-13-19(25)22(32-2)14-21(17)27-23(18)15-8-5-4-6-9-15/h4-11,13-14,27H,3,12H2,1-2H3,(H,28,29). The molecule has 0 radical (unpaired) electrons. The van der Waals surface area contributed by atoms with Crippen molar-refractivity contribution < 1.29 is 22.3 Å². The van der Waals surface area contributed by atoms with Gasteiger partial charge in [0.2, 0.25) is 10.0 Å². The average Bonchev–Trinajstić information content (AvgIpc) is 3.16. The number of methoxy groups -OCH3 is 1. The van der Waals surface area contributed by atoms with E-state index < -0.39 is 21.7 Å². The Morgan fingerprint density at radius 1 is 1.12 bits per heavy atom. The molecule has 0 aliphatic rings. The van der Waals surface area contributed by atoms with Gasteiger partial charge in [0.1, 0.15) is 5.69 Å². The van der Waals surface area contributed by atoms with E-state index in [2.05, 4.69) is 9.97 Å². The monoisotopic (exact) mass is 467 g/mol. The maximum atomic E-state index is 14.5.